The Morgan fingerprint density at radius 2 is 1.87 bits per heavy atom. The second-order valence-corrected chi connectivity index (χ2v) is 6.77. The first-order valence-corrected chi connectivity index (χ1v) is 7.98. The second kappa shape index (κ2) is 6.44. The summed E-state index contributed by atoms with van der Waals surface area (Å²) < 4.78 is 0. The average Bonchev–Trinajstić information content (AvgIpc) is 2.51. The normalized spacial score (nSPS) is 19.8. The van der Waals surface area contributed by atoms with E-state index in [9.17, 15) is 4.79 Å². The number of amides is 1. The van der Waals surface area contributed by atoms with Crippen molar-refractivity contribution in [1.82, 2.24) is 4.90 Å². The van der Waals surface area contributed by atoms with E-state index in [1.54, 1.807) is 4.90 Å². The maximum absolute atomic E-state index is 13.1. The summed E-state index contributed by atoms with van der Waals surface area (Å²) in [7, 11) is 0. The molecule has 1 aliphatic rings. The largest absolute Gasteiger partial charge is 0.403 e. The van der Waals surface area contributed by atoms with Gasteiger partial charge in [-0.05, 0) is 38.3 Å². The van der Waals surface area contributed by atoms with Crippen LogP contribution in [0.5, 0.6) is 0 Å². The zero-order valence-corrected chi connectivity index (χ0v) is 14.3. The Kier molecular flexibility index (Phi) is 4.78. The van der Waals surface area contributed by atoms with E-state index in [-0.39, 0.29) is 5.91 Å². The number of hydrogen-bond acceptors (Lipinski definition) is 3. The molecule has 5 nitrogen and oxygen atoms in total. The van der Waals surface area contributed by atoms with E-state index in [4.69, 9.17) is 11.1 Å². The fourth-order valence-corrected chi connectivity index (χ4v) is 2.79. The number of nitrogens with zero attached hydrogens (tertiary/aromatic N) is 2. The van der Waals surface area contributed by atoms with Gasteiger partial charge in [0.15, 0.2) is 0 Å². The molecule has 1 aromatic rings. The van der Waals surface area contributed by atoms with Gasteiger partial charge in [-0.25, -0.2) is 0 Å². The lowest BCUT2D eigenvalue weighted by Crippen LogP contribution is -2.64. The summed E-state index contributed by atoms with van der Waals surface area (Å²) in [6, 6.07) is 9.36. The zero-order chi connectivity index (χ0) is 17.2. The highest BCUT2D eigenvalue weighted by Gasteiger charge is 2.47. The molecular weight excluding hydrogens is 288 g/mol. The van der Waals surface area contributed by atoms with Crippen LogP contribution in [-0.4, -0.2) is 28.7 Å². The van der Waals surface area contributed by atoms with Crippen molar-refractivity contribution in [1.29, 1.82) is 5.41 Å². The molecule has 3 N–H and O–H groups in total. The molecule has 23 heavy (non-hydrogen) atoms. The predicted molar refractivity (Wildman–Crippen MR) is 94.2 cm³/mol. The van der Waals surface area contributed by atoms with Crippen molar-refractivity contribution in [2.45, 2.75) is 39.7 Å². The summed E-state index contributed by atoms with van der Waals surface area (Å²) in [6.07, 6.45) is 2.27. The number of rotatable bonds is 4. The van der Waals surface area contributed by atoms with Crippen LogP contribution in [0.25, 0.3) is 0 Å². The minimum absolute atomic E-state index is 0.0693. The highest BCUT2D eigenvalue weighted by molar-refractivity contribution is 6.17. The van der Waals surface area contributed by atoms with E-state index in [2.05, 4.69) is 13.8 Å². The van der Waals surface area contributed by atoms with E-state index in [0.717, 1.165) is 12.1 Å². The van der Waals surface area contributed by atoms with Crippen molar-refractivity contribution >= 4 is 17.4 Å². The molecule has 124 valence electrons. The van der Waals surface area contributed by atoms with E-state index >= 15 is 0 Å². The molecular formula is C18H26N4O. The summed E-state index contributed by atoms with van der Waals surface area (Å²) in [5, 5.41) is 8.56. The van der Waals surface area contributed by atoms with Gasteiger partial charge < -0.3 is 10.6 Å². The number of carbonyl (C=O) groups excluding carboxylic acids is 1. The van der Waals surface area contributed by atoms with E-state index < -0.39 is 5.54 Å². The maximum atomic E-state index is 13.1. The first-order chi connectivity index (χ1) is 10.8. The van der Waals surface area contributed by atoms with Gasteiger partial charge >= 0.3 is 0 Å². The van der Waals surface area contributed by atoms with Gasteiger partial charge in [-0.1, -0.05) is 32.0 Å². The monoisotopic (exact) mass is 314 g/mol. The van der Waals surface area contributed by atoms with Gasteiger partial charge in [0.1, 0.15) is 17.1 Å². The van der Waals surface area contributed by atoms with E-state index in [1.807, 2.05) is 49.1 Å². The van der Waals surface area contributed by atoms with Crippen molar-refractivity contribution in [3.8, 4) is 0 Å². The molecule has 0 unspecified atom stereocenters. The quantitative estimate of drug-likeness (QED) is 0.897. The standard InChI is InChI=1S/C18H26N4O/c1-13(2)10-11-21-16(20)15(12-19)22(17(23)18(21,3)4)14-8-6-5-7-9-14/h5-9,12-13,20H,10-11,19H2,1-4H3. The molecule has 1 amide bonds. The summed E-state index contributed by atoms with van der Waals surface area (Å²) in [6.45, 7) is 8.67. The van der Waals surface area contributed by atoms with Crippen LogP contribution in [-0.2, 0) is 4.79 Å². The van der Waals surface area contributed by atoms with Crippen LogP contribution < -0.4 is 10.6 Å². The van der Waals surface area contributed by atoms with Crippen LogP contribution in [0.1, 0.15) is 34.1 Å². The van der Waals surface area contributed by atoms with Crippen molar-refractivity contribution < 1.29 is 4.79 Å². The molecule has 1 heterocycles. The number of para-hydroxylation sites is 1. The topological polar surface area (TPSA) is 73.4 Å². The van der Waals surface area contributed by atoms with Gasteiger partial charge in [0.2, 0.25) is 0 Å². The van der Waals surface area contributed by atoms with Gasteiger partial charge in [-0.15, -0.1) is 0 Å². The third-order valence-electron chi connectivity index (χ3n) is 4.26. The van der Waals surface area contributed by atoms with Crippen molar-refractivity contribution in [3.63, 3.8) is 0 Å². The minimum atomic E-state index is -0.783. The smallest absolute Gasteiger partial charge is 0.257 e. The Bertz CT molecular complexity index is 619. The van der Waals surface area contributed by atoms with Crippen LogP contribution >= 0.6 is 0 Å². The fraction of sp³-hybridized carbons (Fsp3) is 0.444. The Morgan fingerprint density at radius 1 is 1.26 bits per heavy atom. The van der Waals surface area contributed by atoms with Crippen LogP contribution in [0.4, 0.5) is 5.69 Å². The van der Waals surface area contributed by atoms with Gasteiger partial charge in [0.05, 0.1) is 0 Å². The third-order valence-corrected chi connectivity index (χ3v) is 4.26. The molecule has 2 rings (SSSR count). The summed E-state index contributed by atoms with van der Waals surface area (Å²) >= 11 is 0. The SMILES string of the molecule is CC(C)CCN1C(=N)C(=CN)N(c2ccccc2)C(=O)C1(C)C. The van der Waals surface area contributed by atoms with Gasteiger partial charge in [-0.2, -0.15) is 0 Å². The first kappa shape index (κ1) is 17.1. The highest BCUT2D eigenvalue weighted by Crippen LogP contribution is 2.33. The van der Waals surface area contributed by atoms with E-state index in [0.29, 0.717) is 24.0 Å². The number of benzene rings is 1. The lowest BCUT2D eigenvalue weighted by atomic mass is 9.93. The van der Waals surface area contributed by atoms with E-state index in [1.165, 1.54) is 6.20 Å². The van der Waals surface area contributed by atoms with Crippen LogP contribution in [0.15, 0.2) is 42.2 Å². The molecule has 5 heteroatoms. The molecule has 1 saturated heterocycles. The Morgan fingerprint density at radius 3 is 2.39 bits per heavy atom. The summed E-state index contributed by atoms with van der Waals surface area (Å²) in [5.41, 5.74) is 6.15. The lowest BCUT2D eigenvalue weighted by Gasteiger charge is -2.48. The van der Waals surface area contributed by atoms with Crippen molar-refractivity contribution in [2.24, 2.45) is 11.7 Å². The number of hydrogen-bond donors (Lipinski definition) is 2. The predicted octanol–water partition coefficient (Wildman–Crippen LogP) is 2.94. The Balaban J connectivity index is 2.43. The number of nitrogens with one attached hydrogen (secondary N) is 1. The molecule has 1 aromatic carbocycles. The van der Waals surface area contributed by atoms with Crippen LogP contribution in [0, 0.1) is 11.3 Å². The van der Waals surface area contributed by atoms with Crippen molar-refractivity contribution in [3.05, 3.63) is 42.2 Å². The molecule has 1 fully saturated rings. The minimum Gasteiger partial charge on any atom is -0.403 e. The van der Waals surface area contributed by atoms with Gasteiger partial charge in [0.25, 0.3) is 5.91 Å². The molecule has 0 spiro atoms. The Hall–Kier alpha value is -2.30. The molecule has 0 aromatic heterocycles. The van der Waals surface area contributed by atoms with Gasteiger partial charge in [-0.3, -0.25) is 15.1 Å². The first-order valence-electron chi connectivity index (χ1n) is 7.98. The highest BCUT2D eigenvalue weighted by atomic mass is 16.2. The van der Waals surface area contributed by atoms with Crippen molar-refractivity contribution in [2.75, 3.05) is 11.4 Å². The number of nitrogens with two attached hydrogens (primary N) is 1. The lowest BCUT2D eigenvalue weighted by molar-refractivity contribution is -0.127. The fourth-order valence-electron chi connectivity index (χ4n) is 2.79. The molecule has 0 aliphatic carbocycles. The van der Waals surface area contributed by atoms with Crippen LogP contribution in [0.2, 0.25) is 0 Å². The molecule has 0 atom stereocenters. The molecule has 0 saturated carbocycles. The third kappa shape index (κ3) is 3.09. The molecule has 0 radical (unpaired) electrons. The summed E-state index contributed by atoms with van der Waals surface area (Å²) in [4.78, 5) is 16.5. The molecule has 1 aliphatic heterocycles. The zero-order valence-electron chi connectivity index (χ0n) is 14.3. The number of amidine groups is 1. The van der Waals surface area contributed by atoms with Crippen LogP contribution in [0.3, 0.4) is 0 Å². The number of carbonyl (C=O) groups is 1. The summed E-state index contributed by atoms with van der Waals surface area (Å²) in [5.74, 6) is 0.730. The maximum Gasteiger partial charge on any atom is 0.257 e. The second-order valence-electron chi connectivity index (χ2n) is 6.77. The van der Waals surface area contributed by atoms with Gasteiger partial charge in [0, 0.05) is 18.4 Å². The number of piperazine rings is 1. The average molecular weight is 314 g/mol. The number of anilines is 1. The molecule has 0 bridgehead atoms. The Labute approximate surface area is 138 Å².